The van der Waals surface area contributed by atoms with Crippen LogP contribution in [0.1, 0.15) is 24.0 Å². The highest BCUT2D eigenvalue weighted by Gasteiger charge is 2.34. The quantitative estimate of drug-likeness (QED) is 0.306. The summed E-state index contributed by atoms with van der Waals surface area (Å²) in [7, 11) is 1.58. The van der Waals surface area contributed by atoms with Crippen molar-refractivity contribution < 1.29 is 19.0 Å². The van der Waals surface area contributed by atoms with Crippen molar-refractivity contribution in [2.75, 3.05) is 20.3 Å². The van der Waals surface area contributed by atoms with Crippen LogP contribution in [0.4, 0.5) is 0 Å². The van der Waals surface area contributed by atoms with E-state index in [-0.39, 0.29) is 12.0 Å². The number of carbonyl (C=O) groups is 1. The maximum atomic E-state index is 12.9. The zero-order valence-corrected chi connectivity index (χ0v) is 21.3. The summed E-state index contributed by atoms with van der Waals surface area (Å²) < 4.78 is 18.5. The molecule has 0 bridgehead atoms. The van der Waals surface area contributed by atoms with E-state index in [0.29, 0.717) is 43.4 Å². The predicted octanol–water partition coefficient (Wildman–Crippen LogP) is 6.07. The van der Waals surface area contributed by atoms with Crippen molar-refractivity contribution in [1.29, 1.82) is 0 Å². The normalized spacial score (nSPS) is 19.8. The van der Waals surface area contributed by atoms with Gasteiger partial charge < -0.3 is 14.2 Å². The molecule has 2 aromatic carbocycles. The van der Waals surface area contributed by atoms with E-state index >= 15 is 0 Å². The lowest BCUT2D eigenvalue weighted by molar-refractivity contribution is -0.123. The average Bonchev–Trinajstić information content (AvgIpc) is 3.38. The van der Waals surface area contributed by atoms with Gasteiger partial charge in [-0.1, -0.05) is 53.8 Å². The fourth-order valence-corrected chi connectivity index (χ4v) is 5.57. The van der Waals surface area contributed by atoms with Gasteiger partial charge in [0.1, 0.15) is 10.9 Å². The molecule has 2 aromatic rings. The minimum absolute atomic E-state index is 0.0561. The van der Waals surface area contributed by atoms with E-state index in [9.17, 15) is 4.79 Å². The Morgan fingerprint density at radius 1 is 1.38 bits per heavy atom. The molecule has 0 radical (unpaired) electrons. The molecule has 168 valence electrons. The first-order valence-electron chi connectivity index (χ1n) is 10.1. The van der Waals surface area contributed by atoms with Gasteiger partial charge in [0.15, 0.2) is 11.5 Å². The number of nitrogens with zero attached hydrogens (tertiary/aromatic N) is 1. The number of thiocarbonyl (C=S) groups is 1. The molecule has 4 rings (SSSR count). The molecule has 0 unspecified atom stereocenters. The van der Waals surface area contributed by atoms with Crippen molar-refractivity contribution in [1.82, 2.24) is 4.90 Å². The summed E-state index contributed by atoms with van der Waals surface area (Å²) in [6.45, 7) is 1.55. The number of halogens is 2. The number of rotatable bonds is 7. The van der Waals surface area contributed by atoms with Gasteiger partial charge in [0.25, 0.3) is 5.91 Å². The molecule has 5 nitrogen and oxygen atoms in total. The van der Waals surface area contributed by atoms with Gasteiger partial charge in [-0.05, 0) is 58.6 Å². The topological polar surface area (TPSA) is 48.0 Å². The predicted molar refractivity (Wildman–Crippen MR) is 135 cm³/mol. The standard InChI is InChI=1S/C23H21BrClNO4S2/c1-28-19-10-14(9-17(24)21(19)30-13-15-5-2-3-7-18(15)25)11-20-22(27)26(23(31)32-20)12-16-6-4-8-29-16/h2-3,5,7,9-11,16H,4,6,8,12-13H2,1H3/b20-11-/t16-/m0/s1. The van der Waals surface area contributed by atoms with Gasteiger partial charge in [0.05, 0.1) is 29.1 Å². The van der Waals surface area contributed by atoms with E-state index in [0.717, 1.165) is 30.6 Å². The molecule has 2 fully saturated rings. The smallest absolute Gasteiger partial charge is 0.266 e. The Labute approximate surface area is 210 Å². The average molecular weight is 555 g/mol. The van der Waals surface area contributed by atoms with Gasteiger partial charge in [-0.3, -0.25) is 9.69 Å². The van der Waals surface area contributed by atoms with Crippen LogP contribution in [0, 0.1) is 0 Å². The van der Waals surface area contributed by atoms with Crippen LogP contribution in [0.5, 0.6) is 11.5 Å². The molecular formula is C23H21BrClNO4S2. The maximum absolute atomic E-state index is 12.9. The first-order chi connectivity index (χ1) is 15.5. The molecule has 1 amide bonds. The fraction of sp³-hybridized carbons (Fsp3) is 0.304. The number of methoxy groups -OCH3 is 1. The molecule has 2 heterocycles. The largest absolute Gasteiger partial charge is 0.493 e. The lowest BCUT2D eigenvalue weighted by atomic mass is 10.1. The molecule has 32 heavy (non-hydrogen) atoms. The molecule has 1 atom stereocenters. The van der Waals surface area contributed by atoms with Crippen LogP contribution < -0.4 is 9.47 Å². The Hall–Kier alpha value is -1.58. The third kappa shape index (κ3) is 5.31. The number of ether oxygens (including phenoxy) is 3. The van der Waals surface area contributed by atoms with E-state index < -0.39 is 0 Å². The molecule has 2 aliphatic heterocycles. The second-order valence-electron chi connectivity index (χ2n) is 7.34. The highest BCUT2D eigenvalue weighted by molar-refractivity contribution is 9.10. The van der Waals surface area contributed by atoms with Crippen molar-refractivity contribution in [3.63, 3.8) is 0 Å². The van der Waals surface area contributed by atoms with Crippen molar-refractivity contribution in [2.24, 2.45) is 0 Å². The highest BCUT2D eigenvalue weighted by Crippen LogP contribution is 2.40. The number of thioether (sulfide) groups is 1. The van der Waals surface area contributed by atoms with Crippen LogP contribution >= 0.6 is 51.5 Å². The summed E-state index contributed by atoms with van der Waals surface area (Å²) in [5.41, 5.74) is 1.68. The van der Waals surface area contributed by atoms with Gasteiger partial charge in [-0.15, -0.1) is 0 Å². The molecule has 0 aromatic heterocycles. The number of hydrogen-bond acceptors (Lipinski definition) is 6. The molecule has 0 N–H and O–H groups in total. The molecule has 0 saturated carbocycles. The maximum Gasteiger partial charge on any atom is 0.266 e. The van der Waals surface area contributed by atoms with Crippen LogP contribution in [0.2, 0.25) is 5.02 Å². The van der Waals surface area contributed by atoms with Gasteiger partial charge >= 0.3 is 0 Å². The first-order valence-corrected chi connectivity index (χ1v) is 12.5. The van der Waals surface area contributed by atoms with Gasteiger partial charge in [0.2, 0.25) is 0 Å². The second-order valence-corrected chi connectivity index (χ2v) is 10.3. The van der Waals surface area contributed by atoms with E-state index in [1.807, 2.05) is 42.5 Å². The Kier molecular flexibility index (Phi) is 7.78. The Morgan fingerprint density at radius 3 is 2.91 bits per heavy atom. The zero-order chi connectivity index (χ0) is 22.7. The highest BCUT2D eigenvalue weighted by atomic mass is 79.9. The molecule has 2 aliphatic rings. The van der Waals surface area contributed by atoms with Crippen LogP contribution in [0.25, 0.3) is 6.08 Å². The number of amides is 1. The molecular weight excluding hydrogens is 534 g/mol. The Balaban J connectivity index is 1.52. The van der Waals surface area contributed by atoms with Gasteiger partial charge in [-0.25, -0.2) is 0 Å². The van der Waals surface area contributed by atoms with Crippen molar-refractivity contribution in [3.8, 4) is 11.5 Å². The van der Waals surface area contributed by atoms with Crippen molar-refractivity contribution in [3.05, 3.63) is 61.9 Å². The lowest BCUT2D eigenvalue weighted by Gasteiger charge is -2.18. The summed E-state index contributed by atoms with van der Waals surface area (Å²) in [5.74, 6) is 1.02. The molecule has 2 saturated heterocycles. The third-order valence-electron chi connectivity index (χ3n) is 5.16. The Bertz CT molecular complexity index is 1070. The van der Waals surface area contributed by atoms with E-state index in [2.05, 4.69) is 15.9 Å². The monoisotopic (exact) mass is 553 g/mol. The fourth-order valence-electron chi connectivity index (χ4n) is 3.53. The van der Waals surface area contributed by atoms with E-state index in [1.54, 1.807) is 12.0 Å². The van der Waals surface area contributed by atoms with E-state index in [4.69, 9.17) is 38.0 Å². The van der Waals surface area contributed by atoms with Crippen LogP contribution in [0.3, 0.4) is 0 Å². The number of benzene rings is 2. The number of hydrogen-bond donors (Lipinski definition) is 0. The number of carbonyl (C=O) groups excluding carboxylic acids is 1. The summed E-state index contributed by atoms with van der Waals surface area (Å²) in [6, 6.07) is 11.2. The summed E-state index contributed by atoms with van der Waals surface area (Å²) in [4.78, 5) is 15.1. The summed E-state index contributed by atoms with van der Waals surface area (Å²) in [6.07, 6.45) is 3.85. The molecule has 0 spiro atoms. The SMILES string of the molecule is COc1cc(/C=C2\SC(=S)N(C[C@@H]3CCCO3)C2=O)cc(Br)c1OCc1ccccc1Cl. The molecule has 9 heteroatoms. The summed E-state index contributed by atoms with van der Waals surface area (Å²) >= 11 is 16.5. The van der Waals surface area contributed by atoms with Crippen molar-refractivity contribution >= 4 is 67.8 Å². The minimum Gasteiger partial charge on any atom is -0.493 e. The second kappa shape index (κ2) is 10.6. The zero-order valence-electron chi connectivity index (χ0n) is 17.3. The third-order valence-corrected chi connectivity index (χ3v) is 7.50. The molecule has 0 aliphatic carbocycles. The first kappa shape index (κ1) is 23.6. The van der Waals surface area contributed by atoms with Crippen LogP contribution in [-0.4, -0.2) is 41.5 Å². The Morgan fingerprint density at radius 2 is 2.19 bits per heavy atom. The minimum atomic E-state index is -0.0929. The van der Waals surface area contributed by atoms with Gasteiger partial charge in [-0.2, -0.15) is 0 Å². The van der Waals surface area contributed by atoms with Crippen LogP contribution in [-0.2, 0) is 16.1 Å². The lowest BCUT2D eigenvalue weighted by Crippen LogP contribution is -2.35. The summed E-state index contributed by atoms with van der Waals surface area (Å²) in [5, 5.41) is 0.643. The van der Waals surface area contributed by atoms with Gasteiger partial charge in [0, 0.05) is 17.2 Å². The van der Waals surface area contributed by atoms with Crippen molar-refractivity contribution in [2.45, 2.75) is 25.6 Å². The van der Waals surface area contributed by atoms with Crippen LogP contribution in [0.15, 0.2) is 45.8 Å². The van der Waals surface area contributed by atoms with E-state index in [1.165, 1.54) is 11.8 Å².